The zero-order valence-electron chi connectivity index (χ0n) is 20.4. The van der Waals surface area contributed by atoms with E-state index in [4.69, 9.17) is 11.6 Å². The molecule has 9 nitrogen and oxygen atoms in total. The van der Waals surface area contributed by atoms with Crippen molar-refractivity contribution in [3.63, 3.8) is 0 Å². The maximum Gasteiger partial charge on any atom is 0.434 e. The third kappa shape index (κ3) is 5.32. The highest BCUT2D eigenvalue weighted by Gasteiger charge is 2.40. The predicted octanol–water partition coefficient (Wildman–Crippen LogP) is 4.64. The first-order valence-electron chi connectivity index (χ1n) is 12.3. The van der Waals surface area contributed by atoms with E-state index in [0.717, 1.165) is 18.0 Å². The second kappa shape index (κ2) is 10.7. The van der Waals surface area contributed by atoms with Gasteiger partial charge in [0.15, 0.2) is 11.5 Å². The molecule has 13 heteroatoms. The number of hydrogen-bond donors (Lipinski definition) is 2. The van der Waals surface area contributed by atoms with E-state index in [1.165, 1.54) is 12.3 Å². The summed E-state index contributed by atoms with van der Waals surface area (Å²) in [5.41, 5.74) is -0.121. The number of benzene rings is 1. The Bertz CT molecular complexity index is 1420. The van der Waals surface area contributed by atoms with Crippen LogP contribution in [-0.4, -0.2) is 45.1 Å². The van der Waals surface area contributed by atoms with Gasteiger partial charge in [-0.1, -0.05) is 23.7 Å². The number of nitrogens with one attached hydrogen (secondary N) is 1. The van der Waals surface area contributed by atoms with Gasteiger partial charge in [0.05, 0.1) is 33.7 Å². The molecule has 39 heavy (non-hydrogen) atoms. The number of para-hydroxylation sites is 2. The molecule has 0 bridgehead atoms. The molecule has 1 amide bonds. The SMILES string of the molecule is N#Cc1ccnnc1N1c2ccccc2N(C[C@H]2CC[C@H](NC(=O)c3cc(Cl)cnc3C(F)(F)F)CC2)C1O. The van der Waals surface area contributed by atoms with Crippen LogP contribution in [0.1, 0.15) is 47.3 Å². The smallest absolute Gasteiger partial charge is 0.356 e. The first-order valence-corrected chi connectivity index (χ1v) is 12.6. The van der Waals surface area contributed by atoms with E-state index in [1.807, 2.05) is 29.2 Å². The van der Waals surface area contributed by atoms with E-state index in [-0.39, 0.29) is 28.4 Å². The Labute approximate surface area is 226 Å². The molecule has 3 heterocycles. The normalized spacial score (nSPS) is 20.9. The molecule has 1 aromatic carbocycles. The maximum atomic E-state index is 13.3. The summed E-state index contributed by atoms with van der Waals surface area (Å²) < 4.78 is 40.0. The zero-order valence-corrected chi connectivity index (χ0v) is 21.2. The van der Waals surface area contributed by atoms with E-state index < -0.39 is 29.7 Å². The Kier molecular flexibility index (Phi) is 7.29. The molecule has 0 spiro atoms. The van der Waals surface area contributed by atoms with Crippen molar-refractivity contribution in [2.45, 2.75) is 44.3 Å². The number of nitriles is 1. The van der Waals surface area contributed by atoms with E-state index in [1.54, 1.807) is 4.90 Å². The summed E-state index contributed by atoms with van der Waals surface area (Å²) in [6.45, 7) is 0.494. The number of rotatable bonds is 5. The first-order chi connectivity index (χ1) is 18.7. The molecule has 2 aromatic heterocycles. The average Bonchev–Trinajstić information content (AvgIpc) is 3.19. The topological polar surface area (TPSA) is 118 Å². The highest BCUT2D eigenvalue weighted by Crippen LogP contribution is 2.44. The number of aliphatic hydroxyl groups is 1. The van der Waals surface area contributed by atoms with Crippen molar-refractivity contribution in [1.29, 1.82) is 5.26 Å². The molecule has 1 aliphatic carbocycles. The molecular formula is C26H23ClF3N7O2. The van der Waals surface area contributed by atoms with Crippen molar-refractivity contribution in [2.75, 3.05) is 16.3 Å². The van der Waals surface area contributed by atoms with Crippen LogP contribution >= 0.6 is 11.6 Å². The molecule has 3 aromatic rings. The number of amides is 1. The summed E-state index contributed by atoms with van der Waals surface area (Å²) >= 11 is 5.81. The summed E-state index contributed by atoms with van der Waals surface area (Å²) in [4.78, 5) is 19.4. The summed E-state index contributed by atoms with van der Waals surface area (Å²) in [6, 6.07) is 11.7. The number of halogens is 4. The van der Waals surface area contributed by atoms with Gasteiger partial charge in [0, 0.05) is 18.8 Å². The summed E-state index contributed by atoms with van der Waals surface area (Å²) in [7, 11) is 0. The highest BCUT2D eigenvalue weighted by atomic mass is 35.5. The van der Waals surface area contributed by atoms with Gasteiger partial charge in [0.25, 0.3) is 5.91 Å². The first kappa shape index (κ1) is 26.6. The van der Waals surface area contributed by atoms with E-state index in [9.17, 15) is 28.3 Å². The van der Waals surface area contributed by atoms with Gasteiger partial charge < -0.3 is 15.3 Å². The second-order valence-corrected chi connectivity index (χ2v) is 9.91. The lowest BCUT2D eigenvalue weighted by molar-refractivity contribution is -0.141. The molecule has 1 aliphatic heterocycles. The lowest BCUT2D eigenvalue weighted by Gasteiger charge is -2.34. The largest absolute Gasteiger partial charge is 0.434 e. The minimum absolute atomic E-state index is 0.0567. The minimum atomic E-state index is -4.78. The number of nitrogens with zero attached hydrogens (tertiary/aromatic N) is 6. The number of carbonyl (C=O) groups excluding carboxylic acids is 1. The van der Waals surface area contributed by atoms with Gasteiger partial charge in [0.2, 0.25) is 6.35 Å². The predicted molar refractivity (Wildman–Crippen MR) is 136 cm³/mol. The van der Waals surface area contributed by atoms with Crippen LogP contribution in [-0.2, 0) is 6.18 Å². The number of alkyl halides is 3. The van der Waals surface area contributed by atoms with Crippen molar-refractivity contribution >= 4 is 34.7 Å². The van der Waals surface area contributed by atoms with E-state index in [0.29, 0.717) is 37.9 Å². The number of pyridine rings is 1. The van der Waals surface area contributed by atoms with Crippen molar-refractivity contribution in [3.05, 3.63) is 70.6 Å². The van der Waals surface area contributed by atoms with Crippen molar-refractivity contribution in [2.24, 2.45) is 5.92 Å². The third-order valence-corrected chi connectivity index (χ3v) is 7.22. The Morgan fingerprint density at radius 3 is 2.59 bits per heavy atom. The molecule has 2 aliphatic rings. The third-order valence-electron chi connectivity index (χ3n) is 7.01. The van der Waals surface area contributed by atoms with Gasteiger partial charge >= 0.3 is 6.18 Å². The minimum Gasteiger partial charge on any atom is -0.356 e. The number of hydrogen-bond acceptors (Lipinski definition) is 8. The molecule has 0 saturated heterocycles. The molecular weight excluding hydrogens is 535 g/mol. The number of aromatic nitrogens is 3. The number of aliphatic hydroxyl groups excluding tert-OH is 1. The number of fused-ring (bicyclic) bond motifs is 1. The molecule has 5 rings (SSSR count). The van der Waals surface area contributed by atoms with Crippen LogP contribution in [0.3, 0.4) is 0 Å². The maximum absolute atomic E-state index is 13.3. The van der Waals surface area contributed by atoms with Gasteiger partial charge in [-0.2, -0.15) is 23.5 Å². The fraction of sp³-hybridized carbons (Fsp3) is 0.346. The van der Waals surface area contributed by atoms with Crippen LogP contribution < -0.4 is 15.1 Å². The Morgan fingerprint density at radius 2 is 1.90 bits per heavy atom. The highest BCUT2D eigenvalue weighted by molar-refractivity contribution is 6.30. The lowest BCUT2D eigenvalue weighted by atomic mass is 9.85. The molecule has 1 unspecified atom stereocenters. The Morgan fingerprint density at radius 1 is 1.18 bits per heavy atom. The fourth-order valence-electron chi connectivity index (χ4n) is 5.17. The number of anilines is 3. The summed E-state index contributed by atoms with van der Waals surface area (Å²) in [5, 5.41) is 31.4. The van der Waals surface area contributed by atoms with Gasteiger partial charge in [-0.05, 0) is 55.9 Å². The summed E-state index contributed by atoms with van der Waals surface area (Å²) in [5.74, 6) is -0.461. The molecule has 1 atom stereocenters. The quantitative estimate of drug-likeness (QED) is 0.466. The fourth-order valence-corrected chi connectivity index (χ4v) is 5.33. The monoisotopic (exact) mass is 557 g/mol. The molecule has 2 N–H and O–H groups in total. The molecule has 1 fully saturated rings. The van der Waals surface area contributed by atoms with Crippen LogP contribution in [0.5, 0.6) is 0 Å². The van der Waals surface area contributed by atoms with E-state index in [2.05, 4.69) is 26.6 Å². The standard InChI is InChI=1S/C26H23ClF3N7O2/c27-17-11-19(22(32-13-17)26(28,29)30)24(38)34-18-7-5-15(6-8-18)14-36-20-3-1-2-4-21(20)37(25(36)39)23-16(12-31)9-10-33-35-23/h1-4,9-11,13,15,18,25,39H,5-8,14H2,(H,34,38)/t15-,18-,25?. The summed E-state index contributed by atoms with van der Waals surface area (Å²) in [6.07, 6.45) is -1.12. The average molecular weight is 558 g/mol. The van der Waals surface area contributed by atoms with Gasteiger partial charge in [-0.15, -0.1) is 5.10 Å². The Balaban J connectivity index is 1.26. The zero-order chi connectivity index (χ0) is 27.7. The molecule has 1 saturated carbocycles. The van der Waals surface area contributed by atoms with Crippen LogP contribution in [0.25, 0.3) is 0 Å². The van der Waals surface area contributed by atoms with Crippen LogP contribution in [0, 0.1) is 17.2 Å². The van der Waals surface area contributed by atoms with Crippen LogP contribution in [0.15, 0.2) is 48.8 Å². The molecule has 0 radical (unpaired) electrons. The van der Waals surface area contributed by atoms with Crippen LogP contribution in [0.4, 0.5) is 30.4 Å². The number of carbonyl (C=O) groups is 1. The van der Waals surface area contributed by atoms with Gasteiger partial charge in [-0.3, -0.25) is 9.69 Å². The van der Waals surface area contributed by atoms with Crippen molar-refractivity contribution in [3.8, 4) is 6.07 Å². The van der Waals surface area contributed by atoms with Crippen LogP contribution in [0.2, 0.25) is 5.02 Å². The van der Waals surface area contributed by atoms with Crippen molar-refractivity contribution in [1.82, 2.24) is 20.5 Å². The van der Waals surface area contributed by atoms with Gasteiger partial charge in [0.1, 0.15) is 6.07 Å². The van der Waals surface area contributed by atoms with Crippen molar-refractivity contribution < 1.29 is 23.1 Å². The van der Waals surface area contributed by atoms with Gasteiger partial charge in [-0.25, -0.2) is 4.98 Å². The van der Waals surface area contributed by atoms with E-state index >= 15 is 0 Å². The Hall–Kier alpha value is -3.95. The lowest BCUT2D eigenvalue weighted by Crippen LogP contribution is -2.45. The second-order valence-electron chi connectivity index (χ2n) is 9.48. The molecule has 202 valence electrons.